The number of hydrogen-bond donors (Lipinski definition) is 0. The van der Waals surface area contributed by atoms with E-state index >= 15 is 0 Å². The Bertz CT molecular complexity index is 540. The first-order valence-corrected chi connectivity index (χ1v) is 7.65. The van der Waals surface area contributed by atoms with Gasteiger partial charge in [0.1, 0.15) is 11.9 Å². The monoisotopic (exact) mass is 297 g/mol. The molecule has 0 N–H and O–H groups in total. The molecule has 1 heterocycles. The fourth-order valence-electron chi connectivity index (χ4n) is 2.57. The first-order valence-electron chi connectivity index (χ1n) is 7.65. The van der Waals surface area contributed by atoms with E-state index in [4.69, 9.17) is 4.74 Å². The van der Waals surface area contributed by atoms with Crippen molar-refractivity contribution in [2.45, 2.75) is 18.9 Å². The molecule has 0 amide bonds. The molecule has 0 spiro atoms. The van der Waals surface area contributed by atoms with E-state index in [9.17, 15) is 4.79 Å². The number of ketones is 1. The Morgan fingerprint density at radius 1 is 1.23 bits per heavy atom. The molecule has 3 heteroatoms. The maximum atomic E-state index is 12.2. The van der Waals surface area contributed by atoms with Crippen molar-refractivity contribution in [3.8, 4) is 0 Å². The average Bonchev–Trinajstić information content (AvgIpc) is 2.57. The largest absolute Gasteiger partial charge is 0.490 e. The van der Waals surface area contributed by atoms with Crippen LogP contribution in [0.3, 0.4) is 0 Å². The number of allylic oxidation sites excluding steroid dienone is 3. The first kappa shape index (κ1) is 16.2. The van der Waals surface area contributed by atoms with Crippen LogP contribution in [0.2, 0.25) is 0 Å². The highest BCUT2D eigenvalue weighted by molar-refractivity contribution is 5.97. The summed E-state index contributed by atoms with van der Waals surface area (Å²) < 4.78 is 5.88. The SMILES string of the molecule is C=C/C=C(\C=C)OC1CCN(CC(=O)c2ccccc2)CC1. The van der Waals surface area contributed by atoms with Gasteiger partial charge in [0, 0.05) is 18.7 Å². The minimum atomic E-state index is 0.179. The number of Topliss-reactive ketones (excluding diaryl/α,β-unsaturated/α-hetero) is 1. The van der Waals surface area contributed by atoms with Crippen LogP contribution in [-0.4, -0.2) is 36.4 Å². The van der Waals surface area contributed by atoms with Gasteiger partial charge >= 0.3 is 0 Å². The standard InChI is InChI=1S/C19H23NO2/c1-3-8-17(4-2)22-18-11-13-20(14-12-18)15-19(21)16-9-6-5-7-10-16/h3-10,18H,1-2,11-15H2/b17-8+. The van der Waals surface area contributed by atoms with Gasteiger partial charge in [0.05, 0.1) is 6.54 Å². The minimum Gasteiger partial charge on any atom is -0.490 e. The van der Waals surface area contributed by atoms with Gasteiger partial charge in [-0.05, 0) is 25.0 Å². The van der Waals surface area contributed by atoms with Crippen LogP contribution in [0.25, 0.3) is 0 Å². The number of nitrogens with zero attached hydrogens (tertiary/aromatic N) is 1. The molecule has 1 aliphatic heterocycles. The molecule has 1 fully saturated rings. The molecule has 0 aromatic heterocycles. The van der Waals surface area contributed by atoms with Crippen LogP contribution in [0.1, 0.15) is 23.2 Å². The topological polar surface area (TPSA) is 29.5 Å². The van der Waals surface area contributed by atoms with Gasteiger partial charge in [0.15, 0.2) is 5.78 Å². The lowest BCUT2D eigenvalue weighted by atomic mass is 10.1. The fraction of sp³-hybridized carbons (Fsp3) is 0.316. The lowest BCUT2D eigenvalue weighted by Gasteiger charge is -2.31. The van der Waals surface area contributed by atoms with Crippen LogP contribution in [0, 0.1) is 0 Å². The maximum absolute atomic E-state index is 12.2. The first-order chi connectivity index (χ1) is 10.7. The van der Waals surface area contributed by atoms with Crippen molar-refractivity contribution < 1.29 is 9.53 Å². The second-order valence-electron chi connectivity index (χ2n) is 5.39. The molecule has 1 aliphatic rings. The summed E-state index contributed by atoms with van der Waals surface area (Å²) in [5, 5.41) is 0. The van der Waals surface area contributed by atoms with Gasteiger partial charge in [0.25, 0.3) is 0 Å². The predicted molar refractivity (Wildman–Crippen MR) is 89.8 cm³/mol. The molecular weight excluding hydrogens is 274 g/mol. The summed E-state index contributed by atoms with van der Waals surface area (Å²) in [7, 11) is 0. The summed E-state index contributed by atoms with van der Waals surface area (Å²) in [5.41, 5.74) is 0.781. The second kappa shape index (κ2) is 8.35. The van der Waals surface area contributed by atoms with Crippen molar-refractivity contribution in [3.63, 3.8) is 0 Å². The number of likely N-dealkylation sites (tertiary alicyclic amines) is 1. The number of ether oxygens (including phenoxy) is 1. The summed E-state index contributed by atoms with van der Waals surface area (Å²) in [4.78, 5) is 14.4. The highest BCUT2D eigenvalue weighted by Crippen LogP contribution is 2.17. The van der Waals surface area contributed by atoms with Crippen LogP contribution in [0.5, 0.6) is 0 Å². The van der Waals surface area contributed by atoms with E-state index in [0.29, 0.717) is 6.54 Å². The van der Waals surface area contributed by atoms with Crippen LogP contribution < -0.4 is 0 Å². The van der Waals surface area contributed by atoms with Gasteiger partial charge in [-0.2, -0.15) is 0 Å². The molecular formula is C19H23NO2. The van der Waals surface area contributed by atoms with Crippen LogP contribution in [0.15, 0.2) is 67.5 Å². The Hall–Kier alpha value is -2.13. The van der Waals surface area contributed by atoms with Gasteiger partial charge in [-0.25, -0.2) is 0 Å². The second-order valence-corrected chi connectivity index (χ2v) is 5.39. The zero-order valence-corrected chi connectivity index (χ0v) is 12.9. The third-order valence-electron chi connectivity index (χ3n) is 3.78. The van der Waals surface area contributed by atoms with E-state index in [1.807, 2.05) is 36.4 Å². The van der Waals surface area contributed by atoms with Crippen molar-refractivity contribution in [1.29, 1.82) is 0 Å². The summed E-state index contributed by atoms with van der Waals surface area (Å²) in [6, 6.07) is 9.46. The van der Waals surface area contributed by atoms with E-state index in [-0.39, 0.29) is 11.9 Å². The summed E-state index contributed by atoms with van der Waals surface area (Å²) >= 11 is 0. The molecule has 22 heavy (non-hydrogen) atoms. The predicted octanol–water partition coefficient (Wildman–Crippen LogP) is 3.61. The summed E-state index contributed by atoms with van der Waals surface area (Å²) in [6.07, 6.45) is 7.25. The van der Waals surface area contributed by atoms with Gasteiger partial charge in [-0.3, -0.25) is 9.69 Å². The van der Waals surface area contributed by atoms with Gasteiger partial charge in [-0.15, -0.1) is 0 Å². The molecule has 0 aliphatic carbocycles. The molecule has 116 valence electrons. The zero-order chi connectivity index (χ0) is 15.8. The molecule has 0 radical (unpaired) electrons. The number of carbonyl (C=O) groups is 1. The van der Waals surface area contributed by atoms with E-state index in [2.05, 4.69) is 18.1 Å². The van der Waals surface area contributed by atoms with Crippen molar-refractivity contribution in [1.82, 2.24) is 4.90 Å². The Morgan fingerprint density at radius 2 is 1.91 bits per heavy atom. The normalized spacial score (nSPS) is 17.0. The highest BCUT2D eigenvalue weighted by Gasteiger charge is 2.22. The number of hydrogen-bond acceptors (Lipinski definition) is 3. The molecule has 0 saturated carbocycles. The van der Waals surface area contributed by atoms with Crippen LogP contribution in [-0.2, 0) is 4.74 Å². The average molecular weight is 297 g/mol. The van der Waals surface area contributed by atoms with E-state index in [0.717, 1.165) is 37.3 Å². The van der Waals surface area contributed by atoms with Crippen molar-refractivity contribution >= 4 is 5.78 Å². The zero-order valence-electron chi connectivity index (χ0n) is 12.9. The lowest BCUT2D eigenvalue weighted by Crippen LogP contribution is -2.39. The van der Waals surface area contributed by atoms with E-state index in [1.165, 1.54) is 0 Å². The molecule has 2 rings (SSSR count). The third-order valence-corrected chi connectivity index (χ3v) is 3.78. The van der Waals surface area contributed by atoms with Gasteiger partial charge in [-0.1, -0.05) is 49.6 Å². The maximum Gasteiger partial charge on any atom is 0.176 e. The van der Waals surface area contributed by atoms with Crippen LogP contribution in [0.4, 0.5) is 0 Å². The van der Waals surface area contributed by atoms with Crippen molar-refractivity contribution in [3.05, 3.63) is 73.0 Å². The van der Waals surface area contributed by atoms with E-state index < -0.39 is 0 Å². The summed E-state index contributed by atoms with van der Waals surface area (Å²) in [5.74, 6) is 0.937. The Labute approximate surface area is 132 Å². The Kier molecular flexibility index (Phi) is 6.16. The third kappa shape index (κ3) is 4.71. The van der Waals surface area contributed by atoms with Crippen molar-refractivity contribution in [2.75, 3.05) is 19.6 Å². The number of piperidine rings is 1. The fourth-order valence-corrected chi connectivity index (χ4v) is 2.57. The number of rotatable bonds is 7. The molecule has 1 saturated heterocycles. The highest BCUT2D eigenvalue weighted by atomic mass is 16.5. The van der Waals surface area contributed by atoms with Gasteiger partial charge < -0.3 is 4.74 Å². The van der Waals surface area contributed by atoms with Crippen molar-refractivity contribution in [2.24, 2.45) is 0 Å². The molecule has 1 aromatic rings. The van der Waals surface area contributed by atoms with E-state index in [1.54, 1.807) is 12.2 Å². The quantitative estimate of drug-likeness (QED) is 0.437. The molecule has 3 nitrogen and oxygen atoms in total. The molecule has 1 aromatic carbocycles. The van der Waals surface area contributed by atoms with Gasteiger partial charge in [0.2, 0.25) is 0 Å². The Morgan fingerprint density at radius 3 is 2.50 bits per heavy atom. The number of carbonyl (C=O) groups excluding carboxylic acids is 1. The molecule has 0 unspecified atom stereocenters. The lowest BCUT2D eigenvalue weighted by molar-refractivity contribution is 0.0529. The number of benzene rings is 1. The minimum absolute atomic E-state index is 0.179. The molecule has 0 atom stereocenters. The summed E-state index contributed by atoms with van der Waals surface area (Å²) in [6.45, 7) is 9.64. The molecule has 0 bridgehead atoms. The Balaban J connectivity index is 1.80. The smallest absolute Gasteiger partial charge is 0.176 e. The van der Waals surface area contributed by atoms with Crippen LogP contribution >= 0.6 is 0 Å².